The van der Waals surface area contributed by atoms with E-state index in [2.05, 4.69) is 48.3 Å². The van der Waals surface area contributed by atoms with Gasteiger partial charge >= 0.3 is 0 Å². The van der Waals surface area contributed by atoms with Crippen molar-refractivity contribution in [3.8, 4) is 22.6 Å². The molecular weight excluding hydrogens is 292 g/mol. The van der Waals surface area contributed by atoms with E-state index in [1.165, 1.54) is 11.1 Å². The summed E-state index contributed by atoms with van der Waals surface area (Å²) in [7, 11) is 1.90. The molecule has 0 saturated carbocycles. The molecule has 4 nitrogen and oxygen atoms in total. The molecule has 0 bridgehead atoms. The molecule has 1 N–H and O–H groups in total. The molecule has 0 aliphatic heterocycles. The lowest BCUT2D eigenvalue weighted by Crippen LogP contribution is -1.97. The molecule has 0 atom stereocenters. The maximum atomic E-state index is 5.17. The zero-order valence-corrected chi connectivity index (χ0v) is 14.0. The molecule has 0 aliphatic carbocycles. The number of rotatable bonds is 2. The number of hydrogen-bond donors (Lipinski definition) is 1. The zero-order chi connectivity index (χ0) is 15.9. The quantitative estimate of drug-likeness (QED) is 0.724. The molecule has 0 saturated heterocycles. The van der Waals surface area contributed by atoms with E-state index >= 15 is 0 Å². The number of pyridine rings is 1. The third kappa shape index (κ3) is 2.48. The molecule has 5 heteroatoms. The summed E-state index contributed by atoms with van der Waals surface area (Å²) in [6, 6.07) is 10.5. The standard InChI is InChI=1S/C17H18N4S/c1-10-5-6-13(9-11(10)2)15-8-7-14(12(3)18-15)16-19-20-17(22)21(16)4/h5-9H,1-4H3,(H,20,22). The van der Waals surface area contributed by atoms with Gasteiger partial charge in [0.15, 0.2) is 10.6 Å². The Labute approximate surface area is 134 Å². The fraction of sp³-hybridized carbons (Fsp3) is 0.235. The van der Waals surface area contributed by atoms with Crippen molar-refractivity contribution >= 4 is 12.2 Å². The lowest BCUT2D eigenvalue weighted by atomic mass is 10.0. The molecule has 2 aromatic heterocycles. The van der Waals surface area contributed by atoms with Crippen molar-refractivity contribution in [3.63, 3.8) is 0 Å². The molecular formula is C17H18N4S. The molecule has 22 heavy (non-hydrogen) atoms. The second-order valence-electron chi connectivity index (χ2n) is 5.54. The molecule has 3 aromatic rings. The summed E-state index contributed by atoms with van der Waals surface area (Å²) in [4.78, 5) is 4.74. The van der Waals surface area contributed by atoms with E-state index in [1.807, 2.05) is 24.6 Å². The van der Waals surface area contributed by atoms with E-state index in [4.69, 9.17) is 17.2 Å². The topological polar surface area (TPSA) is 46.5 Å². The van der Waals surface area contributed by atoms with E-state index in [-0.39, 0.29) is 0 Å². The number of benzene rings is 1. The average Bonchev–Trinajstić information content (AvgIpc) is 2.82. The van der Waals surface area contributed by atoms with Gasteiger partial charge in [-0.3, -0.25) is 10.1 Å². The molecule has 0 aliphatic rings. The Morgan fingerprint density at radius 1 is 1.05 bits per heavy atom. The first kappa shape index (κ1) is 14.7. The van der Waals surface area contributed by atoms with E-state index in [1.54, 1.807) is 0 Å². The fourth-order valence-electron chi connectivity index (χ4n) is 2.45. The van der Waals surface area contributed by atoms with Crippen molar-refractivity contribution in [3.05, 3.63) is 51.9 Å². The van der Waals surface area contributed by atoms with Crippen molar-refractivity contribution in [2.24, 2.45) is 7.05 Å². The second-order valence-corrected chi connectivity index (χ2v) is 5.93. The molecule has 1 aromatic carbocycles. The Morgan fingerprint density at radius 3 is 2.41 bits per heavy atom. The SMILES string of the molecule is Cc1ccc(-c2ccc(-c3n[nH]c(=S)n3C)c(C)n2)cc1C. The monoisotopic (exact) mass is 310 g/mol. The van der Waals surface area contributed by atoms with Crippen molar-refractivity contribution in [2.45, 2.75) is 20.8 Å². The minimum absolute atomic E-state index is 0.604. The molecule has 3 rings (SSSR count). The van der Waals surface area contributed by atoms with Crippen LogP contribution in [0.1, 0.15) is 16.8 Å². The fourth-order valence-corrected chi connectivity index (χ4v) is 2.58. The van der Waals surface area contributed by atoms with Crippen LogP contribution in [0.5, 0.6) is 0 Å². The second kappa shape index (κ2) is 5.50. The Morgan fingerprint density at radius 2 is 1.82 bits per heavy atom. The third-order valence-electron chi connectivity index (χ3n) is 4.01. The number of H-pyrrole nitrogens is 1. The van der Waals surface area contributed by atoms with Crippen LogP contribution in [0.15, 0.2) is 30.3 Å². The molecule has 0 fully saturated rings. The first-order chi connectivity index (χ1) is 10.5. The molecule has 2 heterocycles. The highest BCUT2D eigenvalue weighted by molar-refractivity contribution is 7.71. The number of aromatic nitrogens is 4. The van der Waals surface area contributed by atoms with Gasteiger partial charge < -0.3 is 4.57 Å². The Balaban J connectivity index is 2.07. The van der Waals surface area contributed by atoms with Crippen molar-refractivity contribution in [1.29, 1.82) is 0 Å². The summed E-state index contributed by atoms with van der Waals surface area (Å²) in [5.41, 5.74) is 6.60. The van der Waals surface area contributed by atoms with Crippen molar-refractivity contribution < 1.29 is 0 Å². The molecule has 0 unspecified atom stereocenters. The Bertz CT molecular complexity index is 905. The summed E-state index contributed by atoms with van der Waals surface area (Å²) < 4.78 is 2.46. The predicted octanol–water partition coefficient (Wildman–Crippen LogP) is 4.13. The minimum Gasteiger partial charge on any atom is -0.303 e. The maximum absolute atomic E-state index is 5.17. The van der Waals surface area contributed by atoms with Gasteiger partial charge in [-0.05, 0) is 62.3 Å². The Hall–Kier alpha value is -2.27. The Kier molecular flexibility index (Phi) is 3.66. The predicted molar refractivity (Wildman–Crippen MR) is 91.3 cm³/mol. The van der Waals surface area contributed by atoms with Crippen LogP contribution in [0.2, 0.25) is 0 Å². The van der Waals surface area contributed by atoms with Gasteiger partial charge in [0.05, 0.1) is 5.69 Å². The third-order valence-corrected chi connectivity index (χ3v) is 4.37. The maximum Gasteiger partial charge on any atom is 0.195 e. The summed E-state index contributed by atoms with van der Waals surface area (Å²) in [5, 5.41) is 7.09. The summed E-state index contributed by atoms with van der Waals surface area (Å²) in [6.07, 6.45) is 0. The van der Waals surface area contributed by atoms with Gasteiger partial charge in [-0.2, -0.15) is 5.10 Å². The van der Waals surface area contributed by atoms with Crippen LogP contribution < -0.4 is 0 Å². The highest BCUT2D eigenvalue weighted by Gasteiger charge is 2.11. The van der Waals surface area contributed by atoms with Gasteiger partial charge in [0.25, 0.3) is 0 Å². The lowest BCUT2D eigenvalue weighted by molar-refractivity contribution is 0.899. The summed E-state index contributed by atoms with van der Waals surface area (Å²) in [6.45, 7) is 6.23. The summed E-state index contributed by atoms with van der Waals surface area (Å²) in [5.74, 6) is 0.807. The van der Waals surface area contributed by atoms with Gasteiger partial charge in [-0.1, -0.05) is 12.1 Å². The van der Waals surface area contributed by atoms with Gasteiger partial charge in [-0.15, -0.1) is 0 Å². The highest BCUT2D eigenvalue weighted by atomic mass is 32.1. The van der Waals surface area contributed by atoms with Gasteiger partial charge in [-0.25, -0.2) is 0 Å². The van der Waals surface area contributed by atoms with E-state index in [0.29, 0.717) is 4.77 Å². The van der Waals surface area contributed by atoms with Crippen molar-refractivity contribution in [2.75, 3.05) is 0 Å². The molecule has 0 spiro atoms. The first-order valence-electron chi connectivity index (χ1n) is 7.14. The van der Waals surface area contributed by atoms with E-state index < -0.39 is 0 Å². The zero-order valence-electron chi connectivity index (χ0n) is 13.1. The molecule has 0 radical (unpaired) electrons. The van der Waals surface area contributed by atoms with E-state index in [9.17, 15) is 0 Å². The van der Waals surface area contributed by atoms with Crippen LogP contribution in [0.3, 0.4) is 0 Å². The van der Waals surface area contributed by atoms with Crippen LogP contribution in [0, 0.1) is 25.5 Å². The number of aromatic amines is 1. The summed E-state index contributed by atoms with van der Waals surface area (Å²) >= 11 is 5.17. The smallest absolute Gasteiger partial charge is 0.195 e. The lowest BCUT2D eigenvalue weighted by Gasteiger charge is -2.09. The molecule has 112 valence electrons. The van der Waals surface area contributed by atoms with Crippen LogP contribution in [-0.4, -0.2) is 19.7 Å². The average molecular weight is 310 g/mol. The largest absolute Gasteiger partial charge is 0.303 e. The number of nitrogens with one attached hydrogen (secondary N) is 1. The molecule has 0 amide bonds. The number of nitrogens with zero attached hydrogens (tertiary/aromatic N) is 3. The first-order valence-corrected chi connectivity index (χ1v) is 7.55. The number of aryl methyl sites for hydroxylation is 3. The van der Waals surface area contributed by atoms with Crippen molar-refractivity contribution in [1.82, 2.24) is 19.7 Å². The van der Waals surface area contributed by atoms with Gasteiger partial charge in [0, 0.05) is 23.9 Å². The van der Waals surface area contributed by atoms with E-state index in [0.717, 1.165) is 28.3 Å². The van der Waals surface area contributed by atoms with Gasteiger partial charge in [0.2, 0.25) is 0 Å². The van der Waals surface area contributed by atoms with Gasteiger partial charge in [0.1, 0.15) is 0 Å². The highest BCUT2D eigenvalue weighted by Crippen LogP contribution is 2.25. The minimum atomic E-state index is 0.604. The normalized spacial score (nSPS) is 10.9. The van der Waals surface area contributed by atoms with Crippen LogP contribution in [0.4, 0.5) is 0 Å². The van der Waals surface area contributed by atoms with Crippen LogP contribution >= 0.6 is 12.2 Å². The number of hydrogen-bond acceptors (Lipinski definition) is 3. The van der Waals surface area contributed by atoms with Crippen LogP contribution in [-0.2, 0) is 7.05 Å². The van der Waals surface area contributed by atoms with Crippen LogP contribution in [0.25, 0.3) is 22.6 Å².